The number of ketones is 1. The fraction of sp³-hybridized carbons (Fsp3) is 0.533. The number of benzene rings is 1. The zero-order chi connectivity index (χ0) is 12.8. The molecule has 5 rings (SSSR count). The van der Waals surface area contributed by atoms with Crippen molar-refractivity contribution in [1.29, 1.82) is 0 Å². The number of hydrogen-bond acceptors (Lipinski definition) is 4. The van der Waals surface area contributed by atoms with Crippen molar-refractivity contribution in [1.82, 2.24) is 9.80 Å². The van der Waals surface area contributed by atoms with E-state index >= 15 is 0 Å². The van der Waals surface area contributed by atoms with Crippen molar-refractivity contribution in [2.45, 2.75) is 12.5 Å². The standard InChI is InChI=1S/C15H18N2O2/c18-15(13-10-16-4-6-17(13)7-5-16)12-1-2-14-11(9-12)3-8-19-14/h1-2,9,13H,3-8,10H2. The van der Waals surface area contributed by atoms with E-state index in [9.17, 15) is 4.79 Å². The number of hydrogen-bond donors (Lipinski definition) is 0. The van der Waals surface area contributed by atoms with Gasteiger partial charge in [-0.05, 0) is 23.8 Å². The highest BCUT2D eigenvalue weighted by Crippen LogP contribution is 2.27. The molecular formula is C15H18N2O2. The number of piperazine rings is 3. The SMILES string of the molecule is O=C(c1ccc2c(c1)CCO2)C1CN2CCN1CC2. The number of nitrogens with zero attached hydrogens (tertiary/aromatic N) is 2. The van der Waals surface area contributed by atoms with Crippen molar-refractivity contribution in [3.8, 4) is 5.75 Å². The Balaban J connectivity index is 1.60. The van der Waals surface area contributed by atoms with Crippen LogP contribution < -0.4 is 4.74 Å². The molecule has 0 aromatic heterocycles. The van der Waals surface area contributed by atoms with E-state index in [1.807, 2.05) is 18.2 Å². The van der Waals surface area contributed by atoms with Gasteiger partial charge in [-0.2, -0.15) is 0 Å². The van der Waals surface area contributed by atoms with Gasteiger partial charge in [-0.25, -0.2) is 0 Å². The highest BCUT2D eigenvalue weighted by atomic mass is 16.5. The van der Waals surface area contributed by atoms with Gasteiger partial charge in [0.05, 0.1) is 12.6 Å². The van der Waals surface area contributed by atoms with E-state index in [0.29, 0.717) is 0 Å². The van der Waals surface area contributed by atoms with E-state index in [1.54, 1.807) is 0 Å². The summed E-state index contributed by atoms with van der Waals surface area (Å²) in [7, 11) is 0. The molecule has 100 valence electrons. The second kappa shape index (κ2) is 4.32. The molecule has 4 heteroatoms. The third kappa shape index (κ3) is 1.86. The van der Waals surface area contributed by atoms with Gasteiger partial charge < -0.3 is 4.74 Å². The van der Waals surface area contributed by atoms with Gasteiger partial charge in [-0.15, -0.1) is 0 Å². The monoisotopic (exact) mass is 258 g/mol. The van der Waals surface area contributed by atoms with Crippen LogP contribution in [0.5, 0.6) is 5.75 Å². The average Bonchev–Trinajstić information content (AvgIpc) is 2.95. The molecule has 4 heterocycles. The van der Waals surface area contributed by atoms with Gasteiger partial charge in [0, 0.05) is 44.7 Å². The zero-order valence-electron chi connectivity index (χ0n) is 11.0. The summed E-state index contributed by atoms with van der Waals surface area (Å²) in [5, 5.41) is 0. The summed E-state index contributed by atoms with van der Waals surface area (Å²) in [5.74, 6) is 1.23. The second-order valence-corrected chi connectivity index (χ2v) is 5.64. The van der Waals surface area contributed by atoms with Crippen LogP contribution in [0.15, 0.2) is 18.2 Å². The Hall–Kier alpha value is -1.39. The van der Waals surface area contributed by atoms with Crippen molar-refractivity contribution in [2.24, 2.45) is 0 Å². The van der Waals surface area contributed by atoms with E-state index < -0.39 is 0 Å². The zero-order valence-corrected chi connectivity index (χ0v) is 11.0. The molecule has 0 aliphatic carbocycles. The largest absolute Gasteiger partial charge is 0.493 e. The highest BCUT2D eigenvalue weighted by molar-refractivity contribution is 6.00. The van der Waals surface area contributed by atoms with Gasteiger partial charge in [-0.1, -0.05) is 0 Å². The maximum absolute atomic E-state index is 12.7. The normalized spacial score (nSPS) is 31.9. The van der Waals surface area contributed by atoms with Crippen LogP contribution in [0.4, 0.5) is 0 Å². The van der Waals surface area contributed by atoms with Gasteiger partial charge in [0.1, 0.15) is 5.75 Å². The lowest BCUT2D eigenvalue weighted by atomic mass is 9.96. The number of Topliss-reactive ketones (excluding diaryl/α,β-unsaturated/α-hetero) is 1. The fourth-order valence-electron chi connectivity index (χ4n) is 3.40. The van der Waals surface area contributed by atoms with Crippen LogP contribution >= 0.6 is 0 Å². The Kier molecular flexibility index (Phi) is 2.60. The Labute approximate surface area is 112 Å². The first-order valence-electron chi connectivity index (χ1n) is 7.07. The molecule has 0 radical (unpaired) electrons. The summed E-state index contributed by atoms with van der Waals surface area (Å²) >= 11 is 0. The lowest BCUT2D eigenvalue weighted by molar-refractivity contribution is 0.0159. The van der Waals surface area contributed by atoms with Crippen LogP contribution in [0.25, 0.3) is 0 Å². The number of fused-ring (bicyclic) bond motifs is 4. The van der Waals surface area contributed by atoms with Crippen LogP contribution in [0, 0.1) is 0 Å². The maximum atomic E-state index is 12.7. The number of rotatable bonds is 2. The minimum absolute atomic E-state index is 0.0582. The Morgan fingerprint density at radius 3 is 2.79 bits per heavy atom. The Morgan fingerprint density at radius 1 is 1.21 bits per heavy atom. The average molecular weight is 258 g/mol. The first-order chi connectivity index (χ1) is 9.31. The molecule has 4 aliphatic heterocycles. The van der Waals surface area contributed by atoms with E-state index in [0.717, 1.165) is 57.1 Å². The second-order valence-electron chi connectivity index (χ2n) is 5.64. The first-order valence-corrected chi connectivity index (χ1v) is 7.07. The Morgan fingerprint density at radius 2 is 2.05 bits per heavy atom. The van der Waals surface area contributed by atoms with E-state index in [2.05, 4.69) is 9.80 Å². The molecule has 0 saturated carbocycles. The molecule has 3 saturated heterocycles. The molecule has 1 aromatic carbocycles. The molecule has 19 heavy (non-hydrogen) atoms. The lowest BCUT2D eigenvalue weighted by Crippen LogP contribution is -2.63. The lowest BCUT2D eigenvalue weighted by Gasteiger charge is -2.46. The molecule has 0 amide bonds. The summed E-state index contributed by atoms with van der Waals surface area (Å²) < 4.78 is 5.50. The fourth-order valence-corrected chi connectivity index (χ4v) is 3.40. The topological polar surface area (TPSA) is 32.8 Å². The number of ether oxygens (including phenoxy) is 1. The van der Waals surface area contributed by atoms with Gasteiger partial charge in [0.2, 0.25) is 0 Å². The molecule has 0 spiro atoms. The third-order valence-electron chi connectivity index (χ3n) is 4.56. The summed E-state index contributed by atoms with van der Waals surface area (Å²) in [6.45, 7) is 5.93. The van der Waals surface area contributed by atoms with E-state index in [-0.39, 0.29) is 11.8 Å². The van der Waals surface area contributed by atoms with Gasteiger partial charge in [0.25, 0.3) is 0 Å². The minimum Gasteiger partial charge on any atom is -0.493 e. The van der Waals surface area contributed by atoms with Gasteiger partial charge in [0.15, 0.2) is 5.78 Å². The molecule has 0 N–H and O–H groups in total. The van der Waals surface area contributed by atoms with Crippen LogP contribution in [-0.2, 0) is 6.42 Å². The van der Waals surface area contributed by atoms with Crippen molar-refractivity contribution in [3.63, 3.8) is 0 Å². The molecule has 2 bridgehead atoms. The third-order valence-corrected chi connectivity index (χ3v) is 4.56. The molecule has 4 nitrogen and oxygen atoms in total. The van der Waals surface area contributed by atoms with Crippen molar-refractivity contribution < 1.29 is 9.53 Å². The maximum Gasteiger partial charge on any atom is 0.181 e. The van der Waals surface area contributed by atoms with Crippen LogP contribution in [0.3, 0.4) is 0 Å². The van der Waals surface area contributed by atoms with Crippen molar-refractivity contribution in [3.05, 3.63) is 29.3 Å². The minimum atomic E-state index is 0.0582. The Bertz CT molecular complexity index is 521. The summed E-state index contributed by atoms with van der Waals surface area (Å²) in [6, 6.07) is 5.96. The van der Waals surface area contributed by atoms with Gasteiger partial charge in [-0.3, -0.25) is 14.6 Å². The van der Waals surface area contributed by atoms with Crippen LogP contribution in [-0.4, -0.2) is 61.0 Å². The molecule has 1 unspecified atom stereocenters. The number of carbonyl (C=O) groups excluding carboxylic acids is 1. The summed E-state index contributed by atoms with van der Waals surface area (Å²) in [5.41, 5.74) is 2.03. The molecule has 1 atom stereocenters. The summed E-state index contributed by atoms with van der Waals surface area (Å²) in [4.78, 5) is 17.4. The molecule has 1 aromatic rings. The summed E-state index contributed by atoms with van der Waals surface area (Å²) in [6.07, 6.45) is 0.928. The van der Waals surface area contributed by atoms with E-state index in [1.165, 1.54) is 5.56 Å². The first kappa shape index (κ1) is 11.4. The molecule has 4 aliphatic rings. The molecule has 3 fully saturated rings. The predicted octanol–water partition coefficient (Wildman–Crippen LogP) is 0.804. The number of carbonyl (C=O) groups is 1. The smallest absolute Gasteiger partial charge is 0.181 e. The van der Waals surface area contributed by atoms with Crippen LogP contribution in [0.1, 0.15) is 15.9 Å². The van der Waals surface area contributed by atoms with Crippen molar-refractivity contribution >= 4 is 5.78 Å². The van der Waals surface area contributed by atoms with E-state index in [4.69, 9.17) is 4.74 Å². The molecular weight excluding hydrogens is 240 g/mol. The van der Waals surface area contributed by atoms with Crippen molar-refractivity contribution in [2.75, 3.05) is 39.3 Å². The predicted molar refractivity (Wildman–Crippen MR) is 71.8 cm³/mol. The van der Waals surface area contributed by atoms with Gasteiger partial charge >= 0.3 is 0 Å². The quantitative estimate of drug-likeness (QED) is 0.735. The van der Waals surface area contributed by atoms with Crippen LogP contribution in [0.2, 0.25) is 0 Å². The highest BCUT2D eigenvalue weighted by Gasteiger charge is 2.36.